The monoisotopic (exact) mass is 654 g/mol. The van der Waals surface area contributed by atoms with Gasteiger partial charge in [0.1, 0.15) is 0 Å². The van der Waals surface area contributed by atoms with Crippen LogP contribution in [-0.4, -0.2) is 38.1 Å². The number of anilines is 2. The molecule has 0 spiro atoms. The smallest absolute Gasteiger partial charge is 1.00 e. The molecular weight excluding hydrogens is 609 g/mol. The van der Waals surface area contributed by atoms with E-state index in [-0.39, 0.29) is 50.7 Å². The Balaban J connectivity index is 0. The molecule has 0 aliphatic rings. The van der Waals surface area contributed by atoms with Crippen LogP contribution in [0.15, 0.2) is 24.3 Å². The maximum absolute atomic E-state index is 3.81. The van der Waals surface area contributed by atoms with Crippen LogP contribution in [0.1, 0.15) is 92.7 Å². The van der Waals surface area contributed by atoms with E-state index in [2.05, 4.69) is 109 Å². The summed E-state index contributed by atoms with van der Waals surface area (Å²) in [5, 5.41) is 7.46. The summed E-state index contributed by atoms with van der Waals surface area (Å²) in [5.41, 5.74) is 11.0. The largest absolute Gasteiger partial charge is 2.00 e. The Morgan fingerprint density at radius 2 is 1.06 bits per heavy atom. The molecule has 2 aromatic carbocycles. The number of hydrogen-bond acceptors (Lipinski definition) is 3. The first-order valence-electron chi connectivity index (χ1n) is 12.4. The minimum absolute atomic E-state index is 0. The van der Waals surface area contributed by atoms with Crippen molar-refractivity contribution >= 4 is 11.4 Å². The molecule has 0 unspecified atom stereocenters. The third-order valence-corrected chi connectivity index (χ3v) is 6.40. The van der Waals surface area contributed by atoms with Crippen molar-refractivity contribution in [2.45, 2.75) is 80.1 Å². The van der Waals surface area contributed by atoms with E-state index in [9.17, 15) is 0 Å². The zero-order valence-electron chi connectivity index (χ0n) is 23.4. The molecule has 2 N–H and O–H groups in total. The Bertz CT molecular complexity index is 845. The molecule has 35 heavy (non-hydrogen) atoms. The standard InChI is InChI=1S/C29H47N3.2BrH.Co/c1-19(2)25-17-26(20(3)4)29(27(18-25)21(5)6)31-12-14-32(10)13-11-30-28-23(8)15-22(7)16-24(28)9;;;/h15-21,30-31H,11-14H2,1-10H3;2*1H;/q;;;+2/p-2. The first-order valence-corrected chi connectivity index (χ1v) is 12.4. The third-order valence-electron chi connectivity index (χ3n) is 6.40. The quantitative estimate of drug-likeness (QED) is 0.384. The van der Waals surface area contributed by atoms with E-state index in [1.807, 2.05) is 0 Å². The van der Waals surface area contributed by atoms with Crippen molar-refractivity contribution in [3.63, 3.8) is 0 Å². The van der Waals surface area contributed by atoms with Crippen LogP contribution in [0.25, 0.3) is 0 Å². The van der Waals surface area contributed by atoms with Gasteiger partial charge in [-0.2, -0.15) is 0 Å². The van der Waals surface area contributed by atoms with Gasteiger partial charge in [-0.05, 0) is 73.4 Å². The van der Waals surface area contributed by atoms with Crippen LogP contribution in [0.4, 0.5) is 11.4 Å². The van der Waals surface area contributed by atoms with E-state index in [0.29, 0.717) is 17.8 Å². The van der Waals surface area contributed by atoms with Crippen LogP contribution in [0.5, 0.6) is 0 Å². The summed E-state index contributed by atoms with van der Waals surface area (Å²) in [6, 6.07) is 9.35. The first-order chi connectivity index (χ1) is 15.0. The molecule has 2 rings (SSSR count). The summed E-state index contributed by atoms with van der Waals surface area (Å²) in [6.07, 6.45) is 0. The maximum Gasteiger partial charge on any atom is 2.00 e. The van der Waals surface area contributed by atoms with Gasteiger partial charge in [0.15, 0.2) is 0 Å². The van der Waals surface area contributed by atoms with Gasteiger partial charge in [-0.25, -0.2) is 0 Å². The minimum Gasteiger partial charge on any atom is -1.00 e. The van der Waals surface area contributed by atoms with Crippen molar-refractivity contribution in [2.24, 2.45) is 0 Å². The molecular formula is C29H47Br2CoN3. The van der Waals surface area contributed by atoms with Crippen LogP contribution in [0, 0.1) is 20.8 Å². The summed E-state index contributed by atoms with van der Waals surface area (Å²) in [6.45, 7) is 24.3. The fourth-order valence-electron chi connectivity index (χ4n) is 4.47. The van der Waals surface area contributed by atoms with Crippen LogP contribution in [0.2, 0.25) is 0 Å². The van der Waals surface area contributed by atoms with Gasteiger partial charge < -0.3 is 49.5 Å². The van der Waals surface area contributed by atoms with Crippen molar-refractivity contribution in [1.29, 1.82) is 0 Å². The van der Waals surface area contributed by atoms with Crippen LogP contribution in [0.3, 0.4) is 0 Å². The second-order valence-electron chi connectivity index (χ2n) is 10.5. The van der Waals surface area contributed by atoms with E-state index in [1.165, 1.54) is 44.8 Å². The third kappa shape index (κ3) is 10.8. The van der Waals surface area contributed by atoms with Gasteiger partial charge in [0.25, 0.3) is 0 Å². The van der Waals surface area contributed by atoms with Gasteiger partial charge in [0, 0.05) is 37.6 Å². The number of aryl methyl sites for hydroxylation is 3. The Kier molecular flexibility index (Phi) is 17.9. The zero-order valence-corrected chi connectivity index (χ0v) is 27.6. The van der Waals surface area contributed by atoms with Gasteiger partial charge in [-0.3, -0.25) is 0 Å². The molecule has 0 aromatic heterocycles. The number of hydrogen-bond donors (Lipinski definition) is 2. The maximum atomic E-state index is 3.81. The van der Waals surface area contributed by atoms with E-state index >= 15 is 0 Å². The van der Waals surface area contributed by atoms with E-state index in [4.69, 9.17) is 0 Å². The molecule has 6 heteroatoms. The Labute approximate surface area is 247 Å². The minimum atomic E-state index is 0. The van der Waals surface area contributed by atoms with Crippen molar-refractivity contribution < 1.29 is 50.7 Å². The van der Waals surface area contributed by atoms with Gasteiger partial charge in [-0.15, -0.1) is 0 Å². The number of nitrogens with one attached hydrogen (secondary N) is 2. The van der Waals surface area contributed by atoms with E-state index in [0.717, 1.165) is 26.2 Å². The van der Waals surface area contributed by atoms with Crippen LogP contribution >= 0.6 is 0 Å². The van der Waals surface area contributed by atoms with Gasteiger partial charge in [-0.1, -0.05) is 71.4 Å². The molecule has 0 saturated carbocycles. The molecule has 0 aliphatic heterocycles. The van der Waals surface area contributed by atoms with Crippen LogP contribution < -0.4 is 44.6 Å². The van der Waals surface area contributed by atoms with Crippen molar-refractivity contribution in [3.8, 4) is 0 Å². The molecule has 0 aliphatic carbocycles. The normalized spacial score (nSPS) is 10.8. The van der Waals surface area contributed by atoms with Gasteiger partial charge in [0.05, 0.1) is 0 Å². The zero-order chi connectivity index (χ0) is 24.0. The Morgan fingerprint density at radius 1 is 0.657 bits per heavy atom. The fraction of sp³-hybridized carbons (Fsp3) is 0.586. The van der Waals surface area contributed by atoms with E-state index in [1.54, 1.807) is 0 Å². The second-order valence-corrected chi connectivity index (χ2v) is 10.5. The Morgan fingerprint density at radius 3 is 1.43 bits per heavy atom. The summed E-state index contributed by atoms with van der Waals surface area (Å²) in [5.74, 6) is 1.58. The number of halogens is 2. The SMILES string of the molecule is Cc1cc(C)c(NCCN(C)CCNc2c(C(C)C)cc(C(C)C)cc2C(C)C)c(C)c1.[Br-].[Br-].[Co+2]. The first kappa shape index (κ1) is 36.6. The van der Waals surface area contributed by atoms with Gasteiger partial charge in [0.2, 0.25) is 0 Å². The van der Waals surface area contributed by atoms with Crippen LogP contribution in [-0.2, 0) is 16.8 Å². The van der Waals surface area contributed by atoms with Crippen molar-refractivity contribution in [2.75, 3.05) is 43.9 Å². The molecule has 201 valence electrons. The predicted octanol–water partition coefficient (Wildman–Crippen LogP) is 1.44. The molecule has 3 nitrogen and oxygen atoms in total. The summed E-state index contributed by atoms with van der Waals surface area (Å²) >= 11 is 0. The topological polar surface area (TPSA) is 27.3 Å². The molecule has 0 amide bonds. The number of likely N-dealkylation sites (N-methyl/N-ethyl adjacent to an activating group) is 1. The molecule has 0 bridgehead atoms. The number of rotatable bonds is 11. The summed E-state index contributed by atoms with van der Waals surface area (Å²) < 4.78 is 0. The Hall–Kier alpha value is -0.534. The molecule has 2 aromatic rings. The number of nitrogens with zero attached hydrogens (tertiary/aromatic N) is 1. The summed E-state index contributed by atoms with van der Waals surface area (Å²) in [4.78, 5) is 2.41. The number of benzene rings is 2. The molecule has 0 atom stereocenters. The average Bonchev–Trinajstić information content (AvgIpc) is 2.69. The average molecular weight is 656 g/mol. The summed E-state index contributed by atoms with van der Waals surface area (Å²) in [7, 11) is 2.22. The molecule has 0 fully saturated rings. The van der Waals surface area contributed by atoms with E-state index < -0.39 is 0 Å². The molecule has 0 saturated heterocycles. The molecule has 0 heterocycles. The predicted molar refractivity (Wildman–Crippen MR) is 144 cm³/mol. The molecule has 1 radical (unpaired) electrons. The van der Waals surface area contributed by atoms with Crippen molar-refractivity contribution in [1.82, 2.24) is 4.90 Å². The fourth-order valence-corrected chi connectivity index (χ4v) is 4.47. The van der Waals surface area contributed by atoms with Crippen molar-refractivity contribution in [3.05, 3.63) is 57.6 Å². The second kappa shape index (κ2) is 17.1. The van der Waals surface area contributed by atoms with Gasteiger partial charge >= 0.3 is 16.8 Å².